The number of hydrogen-bond donors (Lipinski definition) is 1. The molecule has 6 nitrogen and oxygen atoms in total. The van der Waals surface area contributed by atoms with Gasteiger partial charge < -0.3 is 24.8 Å². The van der Waals surface area contributed by atoms with Crippen LogP contribution in [0.2, 0.25) is 0 Å². The summed E-state index contributed by atoms with van der Waals surface area (Å²) >= 11 is 0. The average molecular weight is 383 g/mol. The Hall–Kier alpha value is -2.73. The Labute approximate surface area is 167 Å². The maximum Gasteiger partial charge on any atom is 0.321 e. The van der Waals surface area contributed by atoms with Crippen LogP contribution in [0.1, 0.15) is 12.5 Å². The zero-order valence-electron chi connectivity index (χ0n) is 17.0. The lowest BCUT2D eigenvalue weighted by molar-refractivity contribution is 0.220. The Kier molecular flexibility index (Phi) is 6.76. The fourth-order valence-electron chi connectivity index (χ4n) is 3.24. The number of rotatable bonds is 6. The van der Waals surface area contributed by atoms with Crippen molar-refractivity contribution in [1.29, 1.82) is 0 Å². The number of benzene rings is 2. The van der Waals surface area contributed by atoms with Gasteiger partial charge in [-0.05, 0) is 55.9 Å². The molecule has 150 valence electrons. The normalized spacial score (nSPS) is 14.6. The van der Waals surface area contributed by atoms with Crippen molar-refractivity contribution in [2.24, 2.45) is 0 Å². The first kappa shape index (κ1) is 20.0. The van der Waals surface area contributed by atoms with Crippen LogP contribution >= 0.6 is 0 Å². The third-order valence-corrected chi connectivity index (χ3v) is 4.99. The largest absolute Gasteiger partial charge is 0.494 e. The van der Waals surface area contributed by atoms with Crippen molar-refractivity contribution >= 4 is 17.4 Å². The van der Waals surface area contributed by atoms with E-state index in [4.69, 9.17) is 4.74 Å². The molecule has 0 atom stereocenters. The highest BCUT2D eigenvalue weighted by atomic mass is 16.5. The first-order valence-corrected chi connectivity index (χ1v) is 9.82. The molecule has 6 heteroatoms. The van der Waals surface area contributed by atoms with Gasteiger partial charge in [-0.15, -0.1) is 0 Å². The first-order valence-electron chi connectivity index (χ1n) is 9.82. The minimum Gasteiger partial charge on any atom is -0.494 e. The number of anilines is 2. The molecule has 3 rings (SSSR count). The van der Waals surface area contributed by atoms with Crippen LogP contribution in [-0.2, 0) is 6.54 Å². The smallest absolute Gasteiger partial charge is 0.321 e. The number of piperazine rings is 1. The highest BCUT2D eigenvalue weighted by Crippen LogP contribution is 2.20. The zero-order chi connectivity index (χ0) is 19.9. The van der Waals surface area contributed by atoms with Gasteiger partial charge in [0.15, 0.2) is 0 Å². The Bertz CT molecular complexity index is 753. The molecule has 0 bridgehead atoms. The fourth-order valence-corrected chi connectivity index (χ4v) is 3.24. The van der Waals surface area contributed by atoms with Gasteiger partial charge in [0.25, 0.3) is 0 Å². The number of hydrogen-bond acceptors (Lipinski definition) is 4. The van der Waals surface area contributed by atoms with Crippen LogP contribution < -0.4 is 15.0 Å². The van der Waals surface area contributed by atoms with Gasteiger partial charge in [0.2, 0.25) is 0 Å². The van der Waals surface area contributed by atoms with Crippen LogP contribution in [0.3, 0.4) is 0 Å². The van der Waals surface area contributed by atoms with E-state index in [0.29, 0.717) is 13.2 Å². The lowest BCUT2D eigenvalue weighted by Crippen LogP contribution is -2.44. The molecule has 0 unspecified atom stereocenters. The van der Waals surface area contributed by atoms with Crippen LogP contribution in [0.4, 0.5) is 16.2 Å². The van der Waals surface area contributed by atoms with Crippen molar-refractivity contribution in [2.45, 2.75) is 13.5 Å². The number of amides is 2. The predicted octanol–water partition coefficient (Wildman–Crippen LogP) is 3.50. The van der Waals surface area contributed by atoms with Crippen LogP contribution in [0, 0.1) is 0 Å². The summed E-state index contributed by atoms with van der Waals surface area (Å²) in [5, 5.41) is 2.97. The molecule has 28 heavy (non-hydrogen) atoms. The molecule has 0 aliphatic carbocycles. The Morgan fingerprint density at radius 3 is 2.29 bits per heavy atom. The number of urea groups is 1. The summed E-state index contributed by atoms with van der Waals surface area (Å²) in [4.78, 5) is 18.9. The van der Waals surface area contributed by atoms with Crippen molar-refractivity contribution in [3.8, 4) is 5.75 Å². The van der Waals surface area contributed by atoms with Crippen LogP contribution in [0.5, 0.6) is 5.75 Å². The summed E-state index contributed by atoms with van der Waals surface area (Å²) in [6, 6.07) is 15.8. The topological polar surface area (TPSA) is 48.1 Å². The molecule has 0 aromatic heterocycles. The monoisotopic (exact) mass is 382 g/mol. The van der Waals surface area contributed by atoms with E-state index in [1.54, 1.807) is 11.9 Å². The van der Waals surface area contributed by atoms with Gasteiger partial charge in [-0.1, -0.05) is 12.1 Å². The van der Waals surface area contributed by atoms with Crippen LogP contribution in [0.15, 0.2) is 48.5 Å². The van der Waals surface area contributed by atoms with E-state index < -0.39 is 0 Å². The molecule has 0 radical (unpaired) electrons. The van der Waals surface area contributed by atoms with Crippen molar-refractivity contribution in [3.05, 3.63) is 54.1 Å². The number of nitrogens with one attached hydrogen (secondary N) is 1. The molecule has 2 aromatic rings. The molecular formula is C22H30N4O2. The number of carbonyl (C=O) groups is 1. The summed E-state index contributed by atoms with van der Waals surface area (Å²) in [6.07, 6.45) is 0. The van der Waals surface area contributed by atoms with E-state index in [1.807, 2.05) is 43.3 Å². The van der Waals surface area contributed by atoms with E-state index >= 15 is 0 Å². The van der Waals surface area contributed by atoms with Gasteiger partial charge in [0, 0.05) is 51.1 Å². The van der Waals surface area contributed by atoms with Gasteiger partial charge >= 0.3 is 6.03 Å². The zero-order valence-corrected chi connectivity index (χ0v) is 17.0. The molecule has 1 heterocycles. The summed E-state index contributed by atoms with van der Waals surface area (Å²) in [6.45, 7) is 7.38. The molecule has 1 N–H and O–H groups in total. The lowest BCUT2D eigenvalue weighted by atomic mass is 10.2. The van der Waals surface area contributed by atoms with Crippen molar-refractivity contribution in [2.75, 3.05) is 57.1 Å². The molecule has 1 fully saturated rings. The number of carbonyl (C=O) groups excluding carboxylic acids is 1. The Morgan fingerprint density at radius 1 is 1.04 bits per heavy atom. The fraction of sp³-hybridized carbons (Fsp3) is 0.409. The van der Waals surface area contributed by atoms with E-state index in [0.717, 1.165) is 43.2 Å². The van der Waals surface area contributed by atoms with Crippen molar-refractivity contribution < 1.29 is 9.53 Å². The Balaban J connectivity index is 1.52. The summed E-state index contributed by atoms with van der Waals surface area (Å²) in [5.74, 6) is 0.846. The maximum atomic E-state index is 12.5. The van der Waals surface area contributed by atoms with Gasteiger partial charge in [-0.25, -0.2) is 4.79 Å². The van der Waals surface area contributed by atoms with E-state index in [-0.39, 0.29) is 6.03 Å². The molecule has 1 saturated heterocycles. The minimum atomic E-state index is -0.124. The molecule has 1 aliphatic rings. The van der Waals surface area contributed by atoms with E-state index in [2.05, 4.69) is 34.3 Å². The SMILES string of the molecule is CCOc1ccc(CN(C)C(=O)Nc2ccc(N3CCN(C)CC3)cc2)cc1. The van der Waals surface area contributed by atoms with Crippen molar-refractivity contribution in [3.63, 3.8) is 0 Å². The number of likely N-dealkylation sites (N-methyl/N-ethyl adjacent to an activating group) is 1. The third kappa shape index (κ3) is 5.39. The number of ether oxygens (including phenoxy) is 1. The second-order valence-electron chi connectivity index (χ2n) is 7.20. The number of nitrogens with zero attached hydrogens (tertiary/aromatic N) is 3. The molecule has 2 aromatic carbocycles. The molecule has 0 spiro atoms. The first-order chi connectivity index (χ1) is 13.5. The average Bonchev–Trinajstić information content (AvgIpc) is 2.71. The molecule has 2 amide bonds. The second-order valence-corrected chi connectivity index (χ2v) is 7.20. The van der Waals surface area contributed by atoms with Crippen molar-refractivity contribution in [1.82, 2.24) is 9.80 Å². The van der Waals surface area contributed by atoms with E-state index in [1.165, 1.54) is 5.69 Å². The third-order valence-electron chi connectivity index (χ3n) is 4.99. The second kappa shape index (κ2) is 9.46. The molecule has 0 saturated carbocycles. The molecular weight excluding hydrogens is 352 g/mol. The predicted molar refractivity (Wildman–Crippen MR) is 114 cm³/mol. The van der Waals surface area contributed by atoms with Crippen LogP contribution in [0.25, 0.3) is 0 Å². The minimum absolute atomic E-state index is 0.124. The quantitative estimate of drug-likeness (QED) is 0.831. The van der Waals surface area contributed by atoms with Gasteiger partial charge in [0.1, 0.15) is 5.75 Å². The van der Waals surface area contributed by atoms with E-state index in [9.17, 15) is 4.79 Å². The lowest BCUT2D eigenvalue weighted by Gasteiger charge is -2.34. The highest BCUT2D eigenvalue weighted by Gasteiger charge is 2.14. The highest BCUT2D eigenvalue weighted by molar-refractivity contribution is 5.89. The van der Waals surface area contributed by atoms with Gasteiger partial charge in [0.05, 0.1) is 6.61 Å². The Morgan fingerprint density at radius 2 is 1.68 bits per heavy atom. The summed E-state index contributed by atoms with van der Waals surface area (Å²) in [5.41, 5.74) is 3.07. The van der Waals surface area contributed by atoms with Gasteiger partial charge in [-0.2, -0.15) is 0 Å². The molecule has 1 aliphatic heterocycles. The van der Waals surface area contributed by atoms with Gasteiger partial charge in [-0.3, -0.25) is 0 Å². The van der Waals surface area contributed by atoms with Crippen LogP contribution in [-0.4, -0.2) is 62.7 Å². The standard InChI is InChI=1S/C22H30N4O2/c1-4-28-21-11-5-18(6-12-21)17-25(3)22(27)23-19-7-9-20(10-8-19)26-15-13-24(2)14-16-26/h5-12H,4,13-17H2,1-3H3,(H,23,27). The summed E-state index contributed by atoms with van der Waals surface area (Å²) < 4.78 is 5.45. The summed E-state index contributed by atoms with van der Waals surface area (Å²) in [7, 11) is 3.95. The maximum absolute atomic E-state index is 12.5.